The molecule has 1 amide bonds. The van der Waals surface area contributed by atoms with Crippen molar-refractivity contribution in [2.45, 2.75) is 63.0 Å². The molecule has 1 aromatic carbocycles. The highest BCUT2D eigenvalue weighted by molar-refractivity contribution is 5.97. The standard InChI is InChI=1S/C19H24FNO3/c20-15-6-4-14(5-7-15)17(22)8-9-18(23)21-16-12-19(24-13-16)10-2-1-3-11-19/h4-7,16H,1-3,8-13H2,(H,21,23)/t16-/m0/s1. The Morgan fingerprint density at radius 2 is 1.83 bits per heavy atom. The van der Waals surface area contributed by atoms with Crippen molar-refractivity contribution >= 4 is 11.7 Å². The zero-order valence-electron chi connectivity index (χ0n) is 13.9. The number of hydrogen-bond acceptors (Lipinski definition) is 3. The molecule has 1 spiro atoms. The Hall–Kier alpha value is -1.75. The van der Waals surface area contributed by atoms with Crippen LogP contribution in [0.4, 0.5) is 4.39 Å². The van der Waals surface area contributed by atoms with Crippen molar-refractivity contribution in [2.24, 2.45) is 0 Å². The number of carbonyl (C=O) groups is 2. The summed E-state index contributed by atoms with van der Waals surface area (Å²) in [5.74, 6) is -0.634. The van der Waals surface area contributed by atoms with E-state index >= 15 is 0 Å². The lowest BCUT2D eigenvalue weighted by atomic mass is 9.82. The molecule has 1 atom stereocenters. The van der Waals surface area contributed by atoms with Gasteiger partial charge in [0.15, 0.2) is 5.78 Å². The summed E-state index contributed by atoms with van der Waals surface area (Å²) in [6.45, 7) is 0.567. The van der Waals surface area contributed by atoms with Crippen molar-refractivity contribution in [3.8, 4) is 0 Å². The number of rotatable bonds is 5. The molecule has 1 heterocycles. The predicted octanol–water partition coefficient (Wildman–Crippen LogP) is 3.40. The van der Waals surface area contributed by atoms with Crippen molar-refractivity contribution in [3.63, 3.8) is 0 Å². The van der Waals surface area contributed by atoms with Gasteiger partial charge in [-0.1, -0.05) is 19.3 Å². The SMILES string of the molecule is O=C(CCC(=O)c1ccc(F)cc1)N[C@@H]1COC2(CCCCC2)C1. The van der Waals surface area contributed by atoms with Gasteiger partial charge in [-0.2, -0.15) is 0 Å². The fourth-order valence-corrected chi connectivity index (χ4v) is 3.79. The molecule has 4 nitrogen and oxygen atoms in total. The number of ketones is 1. The summed E-state index contributed by atoms with van der Waals surface area (Å²) in [5, 5.41) is 2.99. The molecule has 0 aromatic heterocycles. The fraction of sp³-hybridized carbons (Fsp3) is 0.579. The van der Waals surface area contributed by atoms with Gasteiger partial charge in [-0.25, -0.2) is 4.39 Å². The van der Waals surface area contributed by atoms with Crippen LogP contribution in [0.25, 0.3) is 0 Å². The maximum absolute atomic E-state index is 12.9. The zero-order chi connectivity index (χ0) is 17.0. The van der Waals surface area contributed by atoms with E-state index in [2.05, 4.69) is 5.32 Å². The molecule has 1 N–H and O–H groups in total. The molecule has 0 unspecified atom stereocenters. The lowest BCUT2D eigenvalue weighted by Gasteiger charge is -2.32. The molecule has 0 bridgehead atoms. The number of amides is 1. The molecule has 2 aliphatic rings. The molecule has 1 aliphatic heterocycles. The lowest BCUT2D eigenvalue weighted by Crippen LogP contribution is -2.37. The molecule has 24 heavy (non-hydrogen) atoms. The van der Waals surface area contributed by atoms with Crippen LogP contribution in [0.2, 0.25) is 0 Å². The highest BCUT2D eigenvalue weighted by Crippen LogP contribution is 2.39. The molecule has 0 radical (unpaired) electrons. The number of carbonyl (C=O) groups excluding carboxylic acids is 2. The first-order valence-electron chi connectivity index (χ1n) is 8.78. The number of hydrogen-bond donors (Lipinski definition) is 1. The van der Waals surface area contributed by atoms with Crippen molar-refractivity contribution in [1.82, 2.24) is 5.32 Å². The summed E-state index contributed by atoms with van der Waals surface area (Å²) in [6.07, 6.45) is 7.01. The molecule has 1 saturated carbocycles. The van der Waals surface area contributed by atoms with E-state index in [0.717, 1.165) is 19.3 Å². The Labute approximate surface area is 141 Å². The second kappa shape index (κ2) is 7.43. The third-order valence-corrected chi connectivity index (χ3v) is 5.08. The molecule has 1 aromatic rings. The third kappa shape index (κ3) is 4.20. The van der Waals surface area contributed by atoms with Gasteiger partial charge < -0.3 is 10.1 Å². The van der Waals surface area contributed by atoms with E-state index in [9.17, 15) is 14.0 Å². The minimum absolute atomic E-state index is 0.0277. The van der Waals surface area contributed by atoms with Crippen molar-refractivity contribution in [3.05, 3.63) is 35.6 Å². The summed E-state index contributed by atoms with van der Waals surface area (Å²) in [6, 6.07) is 5.47. The first-order chi connectivity index (χ1) is 11.6. The number of Topliss-reactive ketones (excluding diaryl/α,β-unsaturated/α-hetero) is 1. The van der Waals surface area contributed by atoms with Crippen LogP contribution in [0.3, 0.4) is 0 Å². The zero-order valence-corrected chi connectivity index (χ0v) is 13.9. The van der Waals surface area contributed by atoms with Crippen LogP contribution in [-0.4, -0.2) is 29.9 Å². The quantitative estimate of drug-likeness (QED) is 0.840. The van der Waals surface area contributed by atoms with Crippen molar-refractivity contribution < 1.29 is 18.7 Å². The first kappa shape index (κ1) is 17.1. The van der Waals surface area contributed by atoms with E-state index in [1.165, 1.54) is 43.5 Å². The number of halogens is 1. The average Bonchev–Trinajstić information content (AvgIpc) is 2.96. The van der Waals surface area contributed by atoms with Crippen molar-refractivity contribution in [1.29, 1.82) is 0 Å². The van der Waals surface area contributed by atoms with E-state index in [1.807, 2.05) is 0 Å². The van der Waals surface area contributed by atoms with Crippen LogP contribution in [0.15, 0.2) is 24.3 Å². The van der Waals surface area contributed by atoms with Gasteiger partial charge in [-0.3, -0.25) is 9.59 Å². The molecule has 3 rings (SSSR count). The van der Waals surface area contributed by atoms with Gasteiger partial charge in [0.2, 0.25) is 5.91 Å². The van der Waals surface area contributed by atoms with Gasteiger partial charge in [0, 0.05) is 18.4 Å². The second-order valence-electron chi connectivity index (χ2n) is 6.95. The maximum Gasteiger partial charge on any atom is 0.220 e. The average molecular weight is 333 g/mol. The first-order valence-corrected chi connectivity index (χ1v) is 8.78. The topological polar surface area (TPSA) is 55.4 Å². The normalized spacial score (nSPS) is 22.5. The smallest absolute Gasteiger partial charge is 0.220 e. The van der Waals surface area contributed by atoms with Crippen LogP contribution < -0.4 is 5.32 Å². The van der Waals surface area contributed by atoms with Gasteiger partial charge in [0.1, 0.15) is 5.82 Å². The molecular formula is C19H24FNO3. The van der Waals surface area contributed by atoms with Gasteiger partial charge >= 0.3 is 0 Å². The summed E-state index contributed by atoms with van der Waals surface area (Å²) in [4.78, 5) is 24.1. The summed E-state index contributed by atoms with van der Waals surface area (Å²) in [5.41, 5.74) is 0.412. The Bertz CT molecular complexity index is 593. The molecule has 2 fully saturated rings. The van der Waals surface area contributed by atoms with Crippen molar-refractivity contribution in [2.75, 3.05) is 6.61 Å². The van der Waals surface area contributed by atoms with E-state index in [4.69, 9.17) is 4.74 Å². The van der Waals surface area contributed by atoms with Crippen LogP contribution in [0.1, 0.15) is 61.7 Å². The Kier molecular flexibility index (Phi) is 5.29. The van der Waals surface area contributed by atoms with Gasteiger partial charge in [-0.05, 0) is 43.5 Å². The molecule has 1 aliphatic carbocycles. The highest BCUT2D eigenvalue weighted by atomic mass is 19.1. The van der Waals surface area contributed by atoms with Crippen LogP contribution in [-0.2, 0) is 9.53 Å². The molecule has 130 valence electrons. The van der Waals surface area contributed by atoms with Gasteiger partial charge in [0.25, 0.3) is 0 Å². The Balaban J connectivity index is 1.43. The molecule has 1 saturated heterocycles. The van der Waals surface area contributed by atoms with E-state index in [1.54, 1.807) is 0 Å². The Morgan fingerprint density at radius 3 is 2.54 bits per heavy atom. The van der Waals surface area contributed by atoms with Crippen LogP contribution in [0.5, 0.6) is 0 Å². The highest BCUT2D eigenvalue weighted by Gasteiger charge is 2.41. The molecular weight excluding hydrogens is 309 g/mol. The fourth-order valence-electron chi connectivity index (χ4n) is 3.79. The predicted molar refractivity (Wildman–Crippen MR) is 88.3 cm³/mol. The Morgan fingerprint density at radius 1 is 1.12 bits per heavy atom. The number of benzene rings is 1. The largest absolute Gasteiger partial charge is 0.373 e. The maximum atomic E-state index is 12.9. The third-order valence-electron chi connectivity index (χ3n) is 5.08. The van der Waals surface area contributed by atoms with E-state index in [-0.39, 0.29) is 42.0 Å². The van der Waals surface area contributed by atoms with Crippen LogP contribution in [0, 0.1) is 5.82 Å². The summed E-state index contributed by atoms with van der Waals surface area (Å²) >= 11 is 0. The molecule has 5 heteroatoms. The lowest BCUT2D eigenvalue weighted by molar-refractivity contribution is -0.121. The number of nitrogens with one attached hydrogen (secondary N) is 1. The number of ether oxygens (including phenoxy) is 1. The van der Waals surface area contributed by atoms with Gasteiger partial charge in [0.05, 0.1) is 18.2 Å². The van der Waals surface area contributed by atoms with E-state index < -0.39 is 0 Å². The summed E-state index contributed by atoms with van der Waals surface area (Å²) < 4.78 is 18.8. The van der Waals surface area contributed by atoms with Gasteiger partial charge in [-0.15, -0.1) is 0 Å². The second-order valence-corrected chi connectivity index (χ2v) is 6.95. The minimum Gasteiger partial charge on any atom is -0.373 e. The minimum atomic E-state index is -0.373. The monoisotopic (exact) mass is 333 g/mol. The van der Waals surface area contributed by atoms with Crippen LogP contribution >= 0.6 is 0 Å². The summed E-state index contributed by atoms with van der Waals surface area (Å²) in [7, 11) is 0. The van der Waals surface area contributed by atoms with E-state index in [0.29, 0.717) is 12.2 Å².